The average molecular weight is 527 g/mol. The summed E-state index contributed by atoms with van der Waals surface area (Å²) >= 11 is 0. The number of hydrogen-bond acceptors (Lipinski definition) is 3. The van der Waals surface area contributed by atoms with Gasteiger partial charge >= 0.3 is 0 Å². The number of benzene rings is 3. The van der Waals surface area contributed by atoms with Crippen molar-refractivity contribution in [3.05, 3.63) is 115 Å². The van der Waals surface area contributed by atoms with Crippen molar-refractivity contribution >= 4 is 33.0 Å². The van der Waals surface area contributed by atoms with Crippen molar-refractivity contribution in [3.63, 3.8) is 0 Å². The zero-order valence-corrected chi connectivity index (χ0v) is 22.5. The molecular weight excluding hydrogens is 494 g/mol. The summed E-state index contributed by atoms with van der Waals surface area (Å²) in [5.74, 6) is 2.08. The van der Waals surface area contributed by atoms with E-state index in [0.717, 1.165) is 39.0 Å². The average Bonchev–Trinajstić information content (AvgIpc) is 3.53. The number of fused-ring (bicyclic) bond motifs is 4. The highest BCUT2D eigenvalue weighted by molar-refractivity contribution is 6.07. The van der Waals surface area contributed by atoms with Crippen molar-refractivity contribution in [1.29, 1.82) is 0 Å². The van der Waals surface area contributed by atoms with Crippen LogP contribution in [-0.2, 0) is 12.4 Å². The normalized spacial score (nSPS) is 13.4. The lowest BCUT2D eigenvalue weighted by Crippen LogP contribution is -2.29. The Hall–Kier alpha value is -4.97. The van der Waals surface area contributed by atoms with E-state index >= 15 is 0 Å². The maximum atomic E-state index is 7.97. The van der Waals surface area contributed by atoms with Crippen molar-refractivity contribution in [1.82, 2.24) is 19.1 Å². The van der Waals surface area contributed by atoms with E-state index in [9.17, 15) is 0 Å². The molecule has 0 aliphatic rings. The second-order valence-corrected chi connectivity index (χ2v) is 10.9. The molecule has 7 aromatic rings. The molecule has 0 aliphatic carbocycles. The first-order valence-corrected chi connectivity index (χ1v) is 13.2. The third-order valence-corrected chi connectivity index (χ3v) is 7.21. The van der Waals surface area contributed by atoms with Gasteiger partial charge in [0.1, 0.15) is 17.3 Å². The number of aromatic nitrogens is 5. The van der Waals surface area contributed by atoms with E-state index in [1.807, 2.05) is 72.9 Å². The molecule has 0 unspecified atom stereocenters. The molecule has 0 saturated carbocycles. The Balaban J connectivity index is 1.32. The quantitative estimate of drug-likeness (QED) is 0.180. The van der Waals surface area contributed by atoms with Crippen LogP contribution in [0.4, 0.5) is 0 Å². The lowest BCUT2D eigenvalue weighted by atomic mass is 9.88. The van der Waals surface area contributed by atoms with Crippen molar-refractivity contribution < 1.29 is 13.4 Å². The Morgan fingerprint density at radius 1 is 0.800 bits per heavy atom. The van der Waals surface area contributed by atoms with Gasteiger partial charge in [0, 0.05) is 23.8 Å². The van der Waals surface area contributed by atoms with Gasteiger partial charge in [-0.2, -0.15) is 0 Å². The smallest absolute Gasteiger partial charge is 0.244 e. The topological polar surface area (TPSA) is 48.8 Å². The second kappa shape index (κ2) is 9.06. The first-order chi connectivity index (χ1) is 20.6. The van der Waals surface area contributed by atoms with E-state index in [1.165, 1.54) is 10.1 Å². The van der Waals surface area contributed by atoms with Crippen LogP contribution in [0.3, 0.4) is 0 Å². The standard InChI is InChI=1S/C34H29N5O/c1-34(2,3)23-16-18-35-32(19-23)39-30-13-8-17-36-33(30)27-15-14-26(21-31(27)39)40-25-10-7-9-24(20-25)38-22-37(4)28-11-5-6-12-29(28)38/h5-21H,1-4H3/i4D3. The zero-order chi connectivity index (χ0) is 29.9. The Kier molecular flexibility index (Phi) is 4.74. The molecule has 0 aliphatic heterocycles. The number of para-hydroxylation sites is 2. The van der Waals surface area contributed by atoms with Gasteiger partial charge in [0.2, 0.25) is 6.33 Å². The molecule has 0 amide bonds. The highest BCUT2D eigenvalue weighted by atomic mass is 16.5. The predicted octanol–water partition coefficient (Wildman–Crippen LogP) is 7.23. The van der Waals surface area contributed by atoms with Crippen LogP contribution in [0.25, 0.3) is 44.5 Å². The van der Waals surface area contributed by atoms with Gasteiger partial charge in [0.05, 0.1) is 44.4 Å². The van der Waals surface area contributed by atoms with Gasteiger partial charge in [0.25, 0.3) is 0 Å². The second-order valence-electron chi connectivity index (χ2n) is 10.9. The van der Waals surface area contributed by atoms with Crippen LogP contribution in [0, 0.1) is 6.33 Å². The summed E-state index contributed by atoms with van der Waals surface area (Å²) in [5, 5.41) is 1.00. The summed E-state index contributed by atoms with van der Waals surface area (Å²) in [6.07, 6.45) is 6.67. The van der Waals surface area contributed by atoms with Gasteiger partial charge in [-0.05, 0) is 59.5 Å². The Labute approximate surface area is 237 Å². The summed E-state index contributed by atoms with van der Waals surface area (Å²) in [6, 6.07) is 29.1. The number of pyridine rings is 2. The molecule has 0 N–H and O–H groups in total. The lowest BCUT2D eigenvalue weighted by molar-refractivity contribution is -0.572. The minimum Gasteiger partial charge on any atom is -0.458 e. The van der Waals surface area contributed by atoms with Crippen molar-refractivity contribution in [2.24, 2.45) is 6.98 Å². The Bertz CT molecular complexity index is 2150. The van der Waals surface area contributed by atoms with Crippen LogP contribution in [0.1, 0.15) is 30.4 Å². The molecule has 0 atom stereocenters. The Morgan fingerprint density at radius 2 is 1.65 bits per heavy atom. The first kappa shape index (κ1) is 20.9. The largest absolute Gasteiger partial charge is 0.458 e. The van der Waals surface area contributed by atoms with Crippen LogP contribution in [-0.4, -0.2) is 19.1 Å². The molecular formula is C34H29N5O. The number of nitrogens with zero attached hydrogens (tertiary/aromatic N) is 5. The summed E-state index contributed by atoms with van der Waals surface area (Å²) < 4.78 is 35.4. The minimum atomic E-state index is -2.36. The van der Waals surface area contributed by atoms with E-state index in [2.05, 4.69) is 49.9 Å². The van der Waals surface area contributed by atoms with Crippen molar-refractivity contribution in [2.45, 2.75) is 26.2 Å². The van der Waals surface area contributed by atoms with Gasteiger partial charge in [-0.25, -0.2) is 4.98 Å². The van der Waals surface area contributed by atoms with Gasteiger partial charge in [0.15, 0.2) is 0 Å². The van der Waals surface area contributed by atoms with Crippen LogP contribution in [0.2, 0.25) is 0 Å². The molecule has 6 heteroatoms. The molecule has 0 fully saturated rings. The fourth-order valence-electron chi connectivity index (χ4n) is 5.20. The molecule has 0 bridgehead atoms. The van der Waals surface area contributed by atoms with Crippen LogP contribution in [0.15, 0.2) is 103 Å². The molecule has 4 aromatic heterocycles. The molecule has 40 heavy (non-hydrogen) atoms. The van der Waals surface area contributed by atoms with Gasteiger partial charge < -0.3 is 13.9 Å². The Morgan fingerprint density at radius 3 is 2.52 bits per heavy atom. The SMILES string of the molecule is [2H]C([2H])([2H])n1[c-][n+](-c2cccc(Oc3ccc4c5ncccc5n(-c5cc(C(C)(C)C)ccn5)c4c3)c2)c2ccccc21. The van der Waals surface area contributed by atoms with Crippen molar-refractivity contribution in [2.75, 3.05) is 0 Å². The molecule has 6 nitrogen and oxygen atoms in total. The van der Waals surface area contributed by atoms with Crippen LogP contribution < -0.4 is 9.30 Å². The molecule has 7 rings (SSSR count). The number of aryl methyl sites for hydroxylation is 1. The highest BCUT2D eigenvalue weighted by Gasteiger charge is 2.18. The third-order valence-electron chi connectivity index (χ3n) is 7.21. The monoisotopic (exact) mass is 526 g/mol. The fourth-order valence-corrected chi connectivity index (χ4v) is 5.20. The fraction of sp³-hybridized carbons (Fsp3) is 0.147. The molecule has 0 spiro atoms. The predicted molar refractivity (Wildman–Crippen MR) is 158 cm³/mol. The zero-order valence-electron chi connectivity index (χ0n) is 25.5. The number of hydrogen-bond donors (Lipinski definition) is 0. The number of rotatable bonds is 4. The molecule has 0 radical (unpaired) electrons. The molecule has 3 aromatic carbocycles. The summed E-state index contributed by atoms with van der Waals surface area (Å²) in [5.41, 5.74) is 6.00. The minimum absolute atomic E-state index is 0.0285. The summed E-state index contributed by atoms with van der Waals surface area (Å²) in [6.45, 7) is 4.21. The number of ether oxygens (including phenoxy) is 1. The molecule has 196 valence electrons. The lowest BCUT2D eigenvalue weighted by Gasteiger charge is -2.20. The van der Waals surface area contributed by atoms with E-state index in [4.69, 9.17) is 18.8 Å². The van der Waals surface area contributed by atoms with Crippen molar-refractivity contribution in [3.8, 4) is 23.0 Å². The van der Waals surface area contributed by atoms with E-state index in [0.29, 0.717) is 17.0 Å². The van der Waals surface area contributed by atoms with E-state index < -0.39 is 6.98 Å². The summed E-state index contributed by atoms with van der Waals surface area (Å²) in [4.78, 5) is 9.44. The number of imidazole rings is 1. The van der Waals surface area contributed by atoms with Gasteiger partial charge in [-0.3, -0.25) is 9.55 Å². The molecule has 0 saturated heterocycles. The van der Waals surface area contributed by atoms with E-state index in [-0.39, 0.29) is 5.41 Å². The van der Waals surface area contributed by atoms with Gasteiger partial charge in [-0.15, -0.1) is 0 Å². The highest BCUT2D eigenvalue weighted by Crippen LogP contribution is 2.35. The maximum Gasteiger partial charge on any atom is 0.244 e. The van der Waals surface area contributed by atoms with E-state index in [1.54, 1.807) is 16.8 Å². The molecule has 4 heterocycles. The van der Waals surface area contributed by atoms with Gasteiger partial charge in [-0.1, -0.05) is 57.2 Å². The third kappa shape index (κ3) is 4.00. The van der Waals surface area contributed by atoms with Crippen LogP contribution in [0.5, 0.6) is 11.5 Å². The summed E-state index contributed by atoms with van der Waals surface area (Å²) in [7, 11) is 0. The maximum absolute atomic E-state index is 7.97. The first-order valence-electron chi connectivity index (χ1n) is 14.7. The van der Waals surface area contributed by atoms with Crippen LogP contribution >= 0.6 is 0 Å².